The molecule has 304 valence electrons. The van der Waals surface area contributed by atoms with Crippen molar-refractivity contribution in [3.05, 3.63) is 147 Å². The summed E-state index contributed by atoms with van der Waals surface area (Å²) in [5.41, 5.74) is 0. The van der Waals surface area contributed by atoms with E-state index in [9.17, 15) is 17.5 Å². The van der Waals surface area contributed by atoms with Crippen LogP contribution in [-0.4, -0.2) is 57.9 Å². The van der Waals surface area contributed by atoms with E-state index in [1.165, 1.54) is 20.7 Å². The number of hydrogen-bond acceptors (Lipinski definition) is 6. The van der Waals surface area contributed by atoms with Crippen molar-refractivity contribution in [3.8, 4) is 0 Å². The molecule has 0 aliphatic carbocycles. The topological polar surface area (TPSA) is 98.7 Å². The fourth-order valence-electron chi connectivity index (χ4n) is 7.46. The molecule has 0 fully saturated rings. The van der Waals surface area contributed by atoms with Crippen molar-refractivity contribution in [1.82, 2.24) is 0 Å². The Bertz CT molecular complexity index is 1610. The molecule has 4 aromatic rings. The van der Waals surface area contributed by atoms with E-state index in [-0.39, 0.29) is 81.0 Å². The summed E-state index contributed by atoms with van der Waals surface area (Å²) in [5.74, 6) is -0.0379. The van der Waals surface area contributed by atoms with Crippen LogP contribution in [0.5, 0.6) is 0 Å². The minimum absolute atomic E-state index is 0. The van der Waals surface area contributed by atoms with Gasteiger partial charge in [-0.1, -0.05) is 211 Å². The third-order valence-corrected chi connectivity index (χ3v) is 22.2. The molecule has 6 atom stereocenters. The van der Waals surface area contributed by atoms with Crippen LogP contribution < -0.4 is 79.9 Å². The third-order valence-electron chi connectivity index (χ3n) is 10.5. The van der Waals surface area contributed by atoms with E-state index >= 15 is 0 Å². The second kappa shape index (κ2) is 25.8. The van der Waals surface area contributed by atoms with Crippen LogP contribution in [0.1, 0.15) is 68.2 Å². The van der Waals surface area contributed by atoms with E-state index in [2.05, 4.69) is 152 Å². The normalized spacial score (nSPS) is 15.1. The molecule has 58 heavy (non-hydrogen) atoms. The first-order chi connectivity index (χ1) is 26.4. The van der Waals surface area contributed by atoms with Crippen LogP contribution in [0.3, 0.4) is 0 Å². The van der Waals surface area contributed by atoms with E-state index < -0.39 is 49.3 Å². The quantitative estimate of drug-likeness (QED) is 0.0864. The van der Waals surface area contributed by atoms with Crippen LogP contribution in [-0.2, 0) is 31.0 Å². The van der Waals surface area contributed by atoms with Gasteiger partial charge in [0.2, 0.25) is 0 Å². The molecule has 0 aromatic heterocycles. The SMILES string of the molecule is C=C[C@@H](CO[Si](c1ccccc1)(c1ccccc1)C(C)(C)C)C[C@H](C)S(=O)[O-].C=C[C@H](CO[Si](c1ccccc1)(c1ccccc1)C(C)(C)C)C[C@H](C)S(=O)[O-].[Na+].[Na+]. The maximum Gasteiger partial charge on any atom is 1.00 e. The molecule has 0 N–H and O–H groups in total. The summed E-state index contributed by atoms with van der Waals surface area (Å²) in [6.45, 7) is 25.6. The number of rotatable bonds is 18. The molecule has 0 radical (unpaired) electrons. The minimum Gasteiger partial charge on any atom is -0.772 e. The first-order valence-electron chi connectivity index (χ1n) is 19.4. The van der Waals surface area contributed by atoms with Gasteiger partial charge in [0.15, 0.2) is 0 Å². The fraction of sp³-hybridized carbons (Fsp3) is 0.391. The van der Waals surface area contributed by atoms with Crippen LogP contribution in [0.4, 0.5) is 0 Å². The summed E-state index contributed by atoms with van der Waals surface area (Å²) in [4.78, 5) is 0. The maximum atomic E-state index is 11.3. The molecule has 0 spiro atoms. The van der Waals surface area contributed by atoms with E-state index in [1.807, 2.05) is 36.4 Å². The minimum atomic E-state index is -2.61. The smallest absolute Gasteiger partial charge is 0.772 e. The van der Waals surface area contributed by atoms with Gasteiger partial charge in [0.05, 0.1) is 0 Å². The molecule has 2 unspecified atom stereocenters. The summed E-state index contributed by atoms with van der Waals surface area (Å²) >= 11 is -4.18. The van der Waals surface area contributed by atoms with Crippen LogP contribution in [0.15, 0.2) is 147 Å². The van der Waals surface area contributed by atoms with Crippen LogP contribution in [0.2, 0.25) is 10.1 Å². The molecular weight excluding hydrogens is 815 g/mol. The number of hydrogen-bond donors (Lipinski definition) is 0. The van der Waals surface area contributed by atoms with Crippen molar-refractivity contribution >= 4 is 59.5 Å². The Morgan fingerprint density at radius 1 is 0.534 bits per heavy atom. The zero-order chi connectivity index (χ0) is 41.6. The van der Waals surface area contributed by atoms with Gasteiger partial charge in [0.1, 0.15) is 0 Å². The molecule has 0 bridgehead atoms. The summed E-state index contributed by atoms with van der Waals surface area (Å²) in [6.07, 6.45) is 4.66. The Morgan fingerprint density at radius 2 is 0.759 bits per heavy atom. The Labute approximate surface area is 401 Å². The van der Waals surface area contributed by atoms with E-state index in [0.717, 1.165) is 0 Å². The van der Waals surface area contributed by atoms with Gasteiger partial charge in [-0.15, -0.1) is 13.2 Å². The van der Waals surface area contributed by atoms with E-state index in [1.54, 1.807) is 13.8 Å². The molecule has 12 heteroatoms. The van der Waals surface area contributed by atoms with E-state index in [4.69, 9.17) is 8.85 Å². The van der Waals surface area contributed by atoms with Crippen molar-refractivity contribution in [3.63, 3.8) is 0 Å². The predicted molar refractivity (Wildman–Crippen MR) is 241 cm³/mol. The summed E-state index contributed by atoms with van der Waals surface area (Å²) < 4.78 is 58.9. The first-order valence-corrected chi connectivity index (χ1v) is 25.4. The largest absolute Gasteiger partial charge is 1.00 e. The summed E-state index contributed by atoms with van der Waals surface area (Å²) in [6, 6.07) is 41.8. The van der Waals surface area contributed by atoms with Gasteiger partial charge < -0.3 is 18.0 Å². The molecule has 4 aromatic carbocycles. The molecule has 0 saturated carbocycles. The summed E-state index contributed by atoms with van der Waals surface area (Å²) in [5, 5.41) is 3.82. The molecule has 0 heterocycles. The van der Waals surface area contributed by atoms with Crippen LogP contribution >= 0.6 is 0 Å². The zero-order valence-electron chi connectivity index (χ0n) is 36.5. The Balaban J connectivity index is 0.000000561. The van der Waals surface area contributed by atoms with Gasteiger partial charge in [0.25, 0.3) is 16.6 Å². The Hall–Kier alpha value is -1.07. The average molecular weight is 877 g/mol. The van der Waals surface area contributed by atoms with Gasteiger partial charge in [-0.2, -0.15) is 0 Å². The van der Waals surface area contributed by atoms with Gasteiger partial charge in [-0.25, -0.2) is 0 Å². The summed E-state index contributed by atoms with van der Waals surface area (Å²) in [7, 11) is -5.22. The molecule has 0 aliphatic heterocycles. The van der Waals surface area contributed by atoms with E-state index in [0.29, 0.717) is 26.1 Å². The fourth-order valence-corrected chi connectivity index (χ4v) is 17.5. The third kappa shape index (κ3) is 14.5. The first kappa shape index (κ1) is 55.0. The number of benzene rings is 4. The Kier molecular flexibility index (Phi) is 24.4. The molecule has 0 amide bonds. The van der Waals surface area contributed by atoms with Crippen molar-refractivity contribution in [2.75, 3.05) is 13.2 Å². The van der Waals surface area contributed by atoms with Crippen LogP contribution in [0, 0.1) is 11.8 Å². The molecule has 0 saturated heterocycles. The van der Waals surface area contributed by atoms with Gasteiger partial charge in [-0.05, 0) is 55.5 Å². The van der Waals surface area contributed by atoms with Gasteiger partial charge in [0, 0.05) is 23.7 Å². The zero-order valence-corrected chi connectivity index (χ0v) is 44.2. The predicted octanol–water partition coefficient (Wildman–Crippen LogP) is 2.05. The molecular formula is C46H62Na2O6S2Si2. The van der Waals surface area contributed by atoms with Gasteiger partial charge in [-0.3, -0.25) is 8.42 Å². The monoisotopic (exact) mass is 876 g/mol. The average Bonchev–Trinajstić information content (AvgIpc) is 3.18. The maximum absolute atomic E-state index is 11.3. The molecule has 6 nitrogen and oxygen atoms in total. The molecule has 4 rings (SSSR count). The standard InChI is InChI=1S/2C23H32O3SSi.2Na/c2*1-6-20(17-19(2)27(24)25)18-26-28(23(3,4)5,21-13-9-7-10-14-21)22-15-11-8-12-16-22;;/h2*6-16,19-20H,1,17-18H2,2-5H3,(H,24,25);;/q;;2*+1/p-2/t19-,20+;19-,20-;;/m00../s1. The Morgan fingerprint density at radius 3 is 0.931 bits per heavy atom. The molecule has 0 aliphatic rings. The van der Waals surface area contributed by atoms with Crippen molar-refractivity contribution in [1.29, 1.82) is 0 Å². The van der Waals surface area contributed by atoms with Crippen LogP contribution in [0.25, 0.3) is 0 Å². The van der Waals surface area contributed by atoms with Crippen molar-refractivity contribution in [2.24, 2.45) is 11.8 Å². The van der Waals surface area contributed by atoms with Crippen molar-refractivity contribution < 1.29 is 85.5 Å². The second-order valence-corrected chi connectivity index (χ2v) is 27.8. The van der Waals surface area contributed by atoms with Crippen molar-refractivity contribution in [2.45, 2.75) is 88.8 Å². The van der Waals surface area contributed by atoms with Gasteiger partial charge >= 0.3 is 59.1 Å². The second-order valence-electron chi connectivity index (χ2n) is 16.6.